The zero-order chi connectivity index (χ0) is 30.9. The Hall–Kier alpha value is -4.70. The summed E-state index contributed by atoms with van der Waals surface area (Å²) in [6.45, 7) is 6.27. The van der Waals surface area contributed by atoms with E-state index >= 15 is 0 Å². The monoisotopic (exact) mass is 574 g/mol. The first-order valence-corrected chi connectivity index (χ1v) is 13.6. The number of benzene rings is 3. The second-order valence-corrected chi connectivity index (χ2v) is 11.1. The van der Waals surface area contributed by atoms with Crippen LogP contribution in [0.1, 0.15) is 47.8 Å². The molecule has 0 bridgehead atoms. The van der Waals surface area contributed by atoms with E-state index in [0.717, 1.165) is 5.56 Å². The Morgan fingerprint density at radius 2 is 1.33 bits per heavy atom. The Morgan fingerprint density at radius 1 is 0.786 bits per heavy atom. The van der Waals surface area contributed by atoms with Crippen LogP contribution in [0.2, 0.25) is 0 Å². The SMILES string of the molecule is Cc1c(O)cccc1C(=O)N[C@@H](Cc1ccccc1)C(=O)N(O)CC(=O)N[C@@H](Cc1ccccc1)C(=O)NC(C)(C)C. The molecule has 0 fully saturated rings. The number of phenols is 1. The highest BCUT2D eigenvalue weighted by molar-refractivity contribution is 5.99. The average Bonchev–Trinajstić information content (AvgIpc) is 2.93. The molecule has 0 aliphatic rings. The van der Waals surface area contributed by atoms with Gasteiger partial charge in [0, 0.05) is 29.5 Å². The van der Waals surface area contributed by atoms with Gasteiger partial charge in [-0.05, 0) is 51.0 Å². The number of amides is 4. The van der Waals surface area contributed by atoms with Crippen LogP contribution in [0.5, 0.6) is 5.75 Å². The van der Waals surface area contributed by atoms with Gasteiger partial charge in [0.2, 0.25) is 11.8 Å². The van der Waals surface area contributed by atoms with Gasteiger partial charge in [0.15, 0.2) is 0 Å². The number of rotatable bonds is 11. The van der Waals surface area contributed by atoms with E-state index in [1.807, 2.05) is 51.1 Å². The summed E-state index contributed by atoms with van der Waals surface area (Å²) in [6.07, 6.45) is 0.233. The first-order chi connectivity index (χ1) is 19.8. The van der Waals surface area contributed by atoms with Crippen molar-refractivity contribution < 1.29 is 29.5 Å². The Bertz CT molecular complexity index is 1390. The van der Waals surface area contributed by atoms with Crippen LogP contribution >= 0.6 is 0 Å². The standard InChI is InChI=1S/C32H38N4O6/c1-21-24(16-11-17-27(21)37)29(39)34-26(19-23-14-9-6-10-15-23)31(41)36(42)20-28(38)33-25(30(40)35-32(2,3)4)18-22-12-7-5-8-13-22/h5-17,25-26,37,42H,18-20H2,1-4H3,(H,33,38)(H,34,39)(H,35,40)/t25-,26-/m0/s1. The Labute approximate surface area is 245 Å². The molecular weight excluding hydrogens is 536 g/mol. The van der Waals surface area contributed by atoms with Gasteiger partial charge in [-0.25, -0.2) is 5.06 Å². The van der Waals surface area contributed by atoms with E-state index in [0.29, 0.717) is 11.1 Å². The Balaban J connectivity index is 1.75. The molecule has 0 radical (unpaired) electrons. The van der Waals surface area contributed by atoms with Crippen LogP contribution in [-0.4, -0.2) is 63.2 Å². The summed E-state index contributed by atoms with van der Waals surface area (Å²) >= 11 is 0. The van der Waals surface area contributed by atoms with Gasteiger partial charge in [-0.1, -0.05) is 66.7 Å². The van der Waals surface area contributed by atoms with E-state index in [1.54, 1.807) is 37.3 Å². The van der Waals surface area contributed by atoms with Gasteiger partial charge in [-0.3, -0.25) is 24.4 Å². The van der Waals surface area contributed by atoms with Crippen LogP contribution in [0.25, 0.3) is 0 Å². The lowest BCUT2D eigenvalue weighted by atomic mass is 10.0. The third kappa shape index (κ3) is 9.45. The normalized spacial score (nSPS) is 12.5. The van der Waals surface area contributed by atoms with E-state index in [2.05, 4.69) is 16.0 Å². The number of carbonyl (C=O) groups excluding carboxylic acids is 4. The molecule has 0 saturated carbocycles. The van der Waals surface area contributed by atoms with E-state index in [9.17, 15) is 29.5 Å². The van der Waals surface area contributed by atoms with Gasteiger partial charge in [-0.2, -0.15) is 0 Å². The van der Waals surface area contributed by atoms with Crippen LogP contribution in [-0.2, 0) is 27.2 Å². The zero-order valence-electron chi connectivity index (χ0n) is 24.3. The largest absolute Gasteiger partial charge is 0.508 e. The van der Waals surface area contributed by atoms with Crippen LogP contribution in [0, 0.1) is 6.92 Å². The van der Waals surface area contributed by atoms with Crippen molar-refractivity contribution in [3.8, 4) is 5.75 Å². The molecule has 10 nitrogen and oxygen atoms in total. The number of hydrogen-bond donors (Lipinski definition) is 5. The molecule has 10 heteroatoms. The summed E-state index contributed by atoms with van der Waals surface area (Å²) in [7, 11) is 0. The number of hydroxylamine groups is 2. The van der Waals surface area contributed by atoms with Crippen molar-refractivity contribution in [1.82, 2.24) is 21.0 Å². The van der Waals surface area contributed by atoms with Gasteiger partial charge in [0.1, 0.15) is 24.4 Å². The third-order valence-corrected chi connectivity index (χ3v) is 6.42. The average molecular weight is 575 g/mol. The lowest BCUT2D eigenvalue weighted by molar-refractivity contribution is -0.170. The number of aromatic hydroxyl groups is 1. The van der Waals surface area contributed by atoms with Crippen LogP contribution < -0.4 is 16.0 Å². The number of carbonyl (C=O) groups is 4. The number of nitrogens with zero attached hydrogens (tertiary/aromatic N) is 1. The topological polar surface area (TPSA) is 148 Å². The highest BCUT2D eigenvalue weighted by Gasteiger charge is 2.30. The lowest BCUT2D eigenvalue weighted by Crippen LogP contribution is -2.55. The van der Waals surface area contributed by atoms with Crippen molar-refractivity contribution >= 4 is 23.6 Å². The number of hydrogen-bond acceptors (Lipinski definition) is 6. The van der Waals surface area contributed by atoms with Gasteiger partial charge in [0.25, 0.3) is 11.8 Å². The summed E-state index contributed by atoms with van der Waals surface area (Å²) in [5, 5.41) is 29.0. The molecule has 0 aromatic heterocycles. The molecule has 0 spiro atoms. The molecule has 0 aliphatic heterocycles. The van der Waals surface area contributed by atoms with Crippen LogP contribution in [0.4, 0.5) is 0 Å². The fraction of sp³-hybridized carbons (Fsp3) is 0.312. The first kappa shape index (κ1) is 31.8. The van der Waals surface area contributed by atoms with Crippen molar-refractivity contribution in [2.24, 2.45) is 0 Å². The van der Waals surface area contributed by atoms with Crippen molar-refractivity contribution in [1.29, 1.82) is 0 Å². The molecule has 0 aliphatic carbocycles. The summed E-state index contributed by atoms with van der Waals surface area (Å²) in [5.41, 5.74) is 1.47. The van der Waals surface area contributed by atoms with Crippen LogP contribution in [0.3, 0.4) is 0 Å². The second-order valence-electron chi connectivity index (χ2n) is 11.1. The quantitative estimate of drug-likeness (QED) is 0.176. The van der Waals surface area contributed by atoms with E-state index in [-0.39, 0.29) is 29.2 Å². The molecule has 222 valence electrons. The number of phenolic OH excluding ortho intramolecular Hbond substituents is 1. The fourth-order valence-electron chi connectivity index (χ4n) is 4.30. The molecular formula is C32H38N4O6. The minimum Gasteiger partial charge on any atom is -0.508 e. The van der Waals surface area contributed by atoms with Gasteiger partial charge < -0.3 is 21.1 Å². The van der Waals surface area contributed by atoms with Crippen molar-refractivity contribution in [2.45, 2.75) is 58.2 Å². The molecule has 0 unspecified atom stereocenters. The maximum Gasteiger partial charge on any atom is 0.269 e. The molecule has 0 saturated heterocycles. The molecule has 0 heterocycles. The van der Waals surface area contributed by atoms with E-state index in [1.165, 1.54) is 18.2 Å². The Morgan fingerprint density at radius 3 is 1.88 bits per heavy atom. The highest BCUT2D eigenvalue weighted by Crippen LogP contribution is 2.20. The van der Waals surface area contributed by atoms with Gasteiger partial charge >= 0.3 is 0 Å². The van der Waals surface area contributed by atoms with E-state index in [4.69, 9.17) is 0 Å². The molecule has 3 rings (SSSR count). The minimum absolute atomic E-state index is 0.0343. The van der Waals surface area contributed by atoms with Crippen LogP contribution in [0.15, 0.2) is 78.9 Å². The molecule has 42 heavy (non-hydrogen) atoms. The van der Waals surface area contributed by atoms with Gasteiger partial charge in [0.05, 0.1) is 0 Å². The second kappa shape index (κ2) is 14.3. The molecule has 4 amide bonds. The summed E-state index contributed by atoms with van der Waals surface area (Å²) in [4.78, 5) is 52.4. The zero-order valence-corrected chi connectivity index (χ0v) is 24.3. The third-order valence-electron chi connectivity index (χ3n) is 6.42. The maximum atomic E-state index is 13.4. The summed E-state index contributed by atoms with van der Waals surface area (Å²) in [5.74, 6) is -2.79. The lowest BCUT2D eigenvalue weighted by Gasteiger charge is -2.27. The fourth-order valence-corrected chi connectivity index (χ4v) is 4.30. The number of nitrogens with one attached hydrogen (secondary N) is 3. The predicted molar refractivity (Wildman–Crippen MR) is 158 cm³/mol. The summed E-state index contributed by atoms with van der Waals surface area (Å²) < 4.78 is 0. The first-order valence-electron chi connectivity index (χ1n) is 13.6. The summed E-state index contributed by atoms with van der Waals surface area (Å²) in [6, 6.07) is 20.3. The molecule has 5 N–H and O–H groups in total. The van der Waals surface area contributed by atoms with E-state index < -0.39 is 47.8 Å². The smallest absolute Gasteiger partial charge is 0.269 e. The maximum absolute atomic E-state index is 13.4. The molecule has 2 atom stereocenters. The van der Waals surface area contributed by atoms with Crippen molar-refractivity contribution in [2.75, 3.05) is 6.54 Å². The Kier molecular flexibility index (Phi) is 10.8. The highest BCUT2D eigenvalue weighted by atomic mass is 16.5. The van der Waals surface area contributed by atoms with Gasteiger partial charge in [-0.15, -0.1) is 0 Å². The predicted octanol–water partition coefficient (Wildman–Crippen LogP) is 2.90. The van der Waals surface area contributed by atoms with Crippen molar-refractivity contribution in [3.05, 3.63) is 101 Å². The molecule has 3 aromatic rings. The van der Waals surface area contributed by atoms with Crippen molar-refractivity contribution in [3.63, 3.8) is 0 Å². The molecule has 3 aromatic carbocycles. The minimum atomic E-state index is -1.23.